The summed E-state index contributed by atoms with van der Waals surface area (Å²) < 4.78 is 20.5. The van der Waals surface area contributed by atoms with Crippen LogP contribution < -0.4 is 5.43 Å². The van der Waals surface area contributed by atoms with Crippen molar-refractivity contribution in [2.45, 2.75) is 20.1 Å². The van der Waals surface area contributed by atoms with E-state index in [1.807, 2.05) is 43.5 Å². The van der Waals surface area contributed by atoms with Crippen molar-refractivity contribution in [2.75, 3.05) is 12.5 Å². The van der Waals surface area contributed by atoms with Gasteiger partial charge in [0.2, 0.25) is 0 Å². The Bertz CT molecular complexity index is 1320. The van der Waals surface area contributed by atoms with Crippen molar-refractivity contribution in [1.29, 1.82) is 5.26 Å². The van der Waals surface area contributed by atoms with Crippen molar-refractivity contribution in [3.05, 3.63) is 94.6 Å². The molecule has 7 heteroatoms. The number of benzene rings is 2. The smallest absolute Gasteiger partial charge is 0.164 e. The van der Waals surface area contributed by atoms with Crippen LogP contribution in [0.5, 0.6) is 0 Å². The van der Waals surface area contributed by atoms with Crippen molar-refractivity contribution in [2.24, 2.45) is 5.10 Å². The molecule has 0 aliphatic heterocycles. The Morgan fingerprint density at radius 3 is 2.75 bits per heavy atom. The Balaban J connectivity index is 1.63. The Morgan fingerprint density at radius 1 is 1.22 bits per heavy atom. The number of methoxy groups -OCH3 is 1. The molecular formula is C25H22FN5O. The normalized spacial score (nSPS) is 11.2. The van der Waals surface area contributed by atoms with Gasteiger partial charge < -0.3 is 9.30 Å². The van der Waals surface area contributed by atoms with Gasteiger partial charge in [-0.3, -0.25) is 5.43 Å². The van der Waals surface area contributed by atoms with E-state index in [0.29, 0.717) is 24.5 Å². The highest BCUT2D eigenvalue weighted by Crippen LogP contribution is 2.22. The molecule has 6 nitrogen and oxygen atoms in total. The number of para-hydroxylation sites is 1. The van der Waals surface area contributed by atoms with Gasteiger partial charge in [-0.2, -0.15) is 10.4 Å². The molecule has 2 aromatic carbocycles. The highest BCUT2D eigenvalue weighted by molar-refractivity contribution is 5.99. The maximum Gasteiger partial charge on any atom is 0.164 e. The molecule has 1 N–H and O–H groups in total. The Kier molecular flexibility index (Phi) is 6.24. The van der Waals surface area contributed by atoms with Crippen LogP contribution in [0, 0.1) is 24.1 Å². The zero-order valence-corrected chi connectivity index (χ0v) is 17.8. The summed E-state index contributed by atoms with van der Waals surface area (Å²) in [5.74, 6) is 0.144. The topological polar surface area (TPSA) is 75.2 Å². The lowest BCUT2D eigenvalue weighted by Gasteiger charge is -2.09. The van der Waals surface area contributed by atoms with Crippen molar-refractivity contribution in [1.82, 2.24) is 9.55 Å². The van der Waals surface area contributed by atoms with E-state index in [1.54, 1.807) is 25.5 Å². The molecule has 4 aromatic rings. The molecule has 0 saturated carbocycles. The first-order chi connectivity index (χ1) is 15.6. The number of nitriles is 1. The van der Waals surface area contributed by atoms with Crippen LogP contribution in [0.1, 0.15) is 27.9 Å². The average molecular weight is 427 g/mol. The number of nitrogens with one attached hydrogen (secondary N) is 1. The summed E-state index contributed by atoms with van der Waals surface area (Å²) in [4.78, 5) is 4.41. The number of rotatable bonds is 7. The van der Waals surface area contributed by atoms with E-state index in [4.69, 9.17) is 4.74 Å². The van der Waals surface area contributed by atoms with Crippen LogP contribution in [0.25, 0.3) is 10.9 Å². The maximum atomic E-state index is 13.2. The summed E-state index contributed by atoms with van der Waals surface area (Å²) in [6.45, 7) is 2.79. The molecule has 2 heterocycles. The van der Waals surface area contributed by atoms with Crippen LogP contribution in [0.4, 0.5) is 10.2 Å². The fourth-order valence-electron chi connectivity index (χ4n) is 3.67. The predicted molar refractivity (Wildman–Crippen MR) is 123 cm³/mol. The average Bonchev–Trinajstić information content (AvgIpc) is 3.13. The zero-order valence-electron chi connectivity index (χ0n) is 17.8. The number of fused-ring (bicyclic) bond motifs is 1. The van der Waals surface area contributed by atoms with Gasteiger partial charge in [-0.15, -0.1) is 0 Å². The molecule has 0 amide bonds. The monoisotopic (exact) mass is 427 g/mol. The molecule has 0 saturated heterocycles. The number of halogens is 1. The van der Waals surface area contributed by atoms with Gasteiger partial charge in [-0.25, -0.2) is 9.37 Å². The van der Waals surface area contributed by atoms with E-state index in [1.165, 1.54) is 12.1 Å². The molecule has 0 aliphatic rings. The third-order valence-electron chi connectivity index (χ3n) is 5.10. The molecular weight excluding hydrogens is 405 g/mol. The predicted octanol–water partition coefficient (Wildman–Crippen LogP) is 5.00. The Morgan fingerprint density at radius 2 is 2.00 bits per heavy atom. The van der Waals surface area contributed by atoms with Gasteiger partial charge in [0.25, 0.3) is 0 Å². The number of nitrogens with zero attached hydrogens (tertiary/aromatic N) is 4. The van der Waals surface area contributed by atoms with Crippen LogP contribution in [-0.2, 0) is 17.9 Å². The van der Waals surface area contributed by atoms with Crippen molar-refractivity contribution >= 4 is 22.9 Å². The van der Waals surface area contributed by atoms with Gasteiger partial charge in [0.05, 0.1) is 12.8 Å². The minimum atomic E-state index is -0.250. The highest BCUT2D eigenvalue weighted by atomic mass is 19.1. The summed E-state index contributed by atoms with van der Waals surface area (Å²) >= 11 is 0. The molecule has 0 aliphatic carbocycles. The number of hydrazone groups is 1. The van der Waals surface area contributed by atoms with Gasteiger partial charge in [0, 0.05) is 47.6 Å². The molecule has 32 heavy (non-hydrogen) atoms. The summed E-state index contributed by atoms with van der Waals surface area (Å²) in [5.41, 5.74) is 7.82. The SMILES string of the molecule is COCc1cc(C)nc(NN=Cc2cn(Cc3ccc(F)cc3)c3ccccc23)c1C#N. The van der Waals surface area contributed by atoms with E-state index in [-0.39, 0.29) is 5.82 Å². The first-order valence-corrected chi connectivity index (χ1v) is 10.1. The van der Waals surface area contributed by atoms with Crippen LogP contribution in [-0.4, -0.2) is 22.9 Å². The second kappa shape index (κ2) is 9.41. The number of anilines is 1. The number of pyridine rings is 1. The van der Waals surface area contributed by atoms with Crippen molar-refractivity contribution in [3.63, 3.8) is 0 Å². The van der Waals surface area contributed by atoms with E-state index in [2.05, 4.69) is 26.1 Å². The maximum absolute atomic E-state index is 13.2. The fraction of sp³-hybridized carbons (Fsp3) is 0.160. The van der Waals surface area contributed by atoms with Gasteiger partial charge in [-0.05, 0) is 36.8 Å². The van der Waals surface area contributed by atoms with Gasteiger partial charge in [-0.1, -0.05) is 30.3 Å². The van der Waals surface area contributed by atoms with Gasteiger partial charge >= 0.3 is 0 Å². The van der Waals surface area contributed by atoms with Crippen LogP contribution in [0.15, 0.2) is 65.9 Å². The number of aryl methyl sites for hydroxylation is 1. The highest BCUT2D eigenvalue weighted by Gasteiger charge is 2.11. The summed E-state index contributed by atoms with van der Waals surface area (Å²) in [7, 11) is 1.59. The second-order valence-corrected chi connectivity index (χ2v) is 7.42. The molecule has 4 rings (SSSR count). The van der Waals surface area contributed by atoms with Crippen LogP contribution in [0.2, 0.25) is 0 Å². The number of hydrogen-bond donors (Lipinski definition) is 1. The summed E-state index contributed by atoms with van der Waals surface area (Å²) in [5, 5.41) is 15.0. The second-order valence-electron chi connectivity index (χ2n) is 7.42. The summed E-state index contributed by atoms with van der Waals surface area (Å²) in [6, 6.07) is 18.5. The first-order valence-electron chi connectivity index (χ1n) is 10.1. The van der Waals surface area contributed by atoms with E-state index < -0.39 is 0 Å². The van der Waals surface area contributed by atoms with Gasteiger partial charge in [0.15, 0.2) is 5.82 Å². The lowest BCUT2D eigenvalue weighted by Crippen LogP contribution is -2.03. The van der Waals surface area contributed by atoms with Crippen LogP contribution in [0.3, 0.4) is 0 Å². The Labute approximate surface area is 185 Å². The number of aromatic nitrogens is 2. The number of hydrogen-bond acceptors (Lipinski definition) is 5. The minimum Gasteiger partial charge on any atom is -0.380 e. The number of ether oxygens (including phenoxy) is 1. The quantitative estimate of drug-likeness (QED) is 0.333. The lowest BCUT2D eigenvalue weighted by atomic mass is 10.1. The Hall–Kier alpha value is -4.02. The molecule has 2 aromatic heterocycles. The van der Waals surface area contributed by atoms with E-state index >= 15 is 0 Å². The third kappa shape index (κ3) is 4.51. The molecule has 0 fully saturated rings. The summed E-state index contributed by atoms with van der Waals surface area (Å²) in [6.07, 6.45) is 3.72. The molecule has 160 valence electrons. The molecule has 0 atom stereocenters. The van der Waals surface area contributed by atoms with Crippen molar-refractivity contribution < 1.29 is 9.13 Å². The molecule has 0 unspecified atom stereocenters. The first kappa shape index (κ1) is 21.2. The molecule has 0 radical (unpaired) electrons. The standard InChI is InChI=1S/C25H22FN5O/c1-17-11-19(16-32-2)23(12-27)25(29-17)30-28-13-20-15-31(24-6-4-3-5-22(20)24)14-18-7-9-21(26)10-8-18/h3-11,13,15H,14,16H2,1-2H3,(H,29,30). The fourth-order valence-corrected chi connectivity index (χ4v) is 3.67. The lowest BCUT2D eigenvalue weighted by molar-refractivity contribution is 0.184. The largest absolute Gasteiger partial charge is 0.380 e. The molecule has 0 spiro atoms. The van der Waals surface area contributed by atoms with Crippen molar-refractivity contribution in [3.8, 4) is 6.07 Å². The minimum absolute atomic E-state index is 0.250. The zero-order chi connectivity index (χ0) is 22.5. The third-order valence-corrected chi connectivity index (χ3v) is 5.10. The van der Waals surface area contributed by atoms with Crippen LogP contribution >= 0.6 is 0 Å². The molecule has 0 bridgehead atoms. The van der Waals surface area contributed by atoms with Gasteiger partial charge in [0.1, 0.15) is 17.4 Å². The van der Waals surface area contributed by atoms with E-state index in [0.717, 1.165) is 33.3 Å². The van der Waals surface area contributed by atoms with E-state index in [9.17, 15) is 9.65 Å².